The Bertz CT molecular complexity index is 1000. The molecule has 0 radical (unpaired) electrons. The topological polar surface area (TPSA) is 149 Å². The molecule has 0 aromatic heterocycles. The standard InChI is InChI=1S/C14H8O8S/c15-5-1-2-6-7(3-5)12(17)10-8(11(6)16)4-9(23(20,21)22)13(18)14(10)19/h1-4,15,18-19H,(H,20,21,22). The van der Waals surface area contributed by atoms with Crippen molar-refractivity contribution in [3.63, 3.8) is 0 Å². The summed E-state index contributed by atoms with van der Waals surface area (Å²) in [6, 6.07) is 3.98. The minimum absolute atomic E-state index is 0.105. The fourth-order valence-corrected chi connectivity index (χ4v) is 3.05. The van der Waals surface area contributed by atoms with Gasteiger partial charge in [-0.1, -0.05) is 0 Å². The van der Waals surface area contributed by atoms with E-state index in [0.29, 0.717) is 6.07 Å². The Morgan fingerprint density at radius 3 is 2.04 bits per heavy atom. The zero-order valence-electron chi connectivity index (χ0n) is 11.1. The van der Waals surface area contributed by atoms with Crippen molar-refractivity contribution in [1.29, 1.82) is 0 Å². The largest absolute Gasteiger partial charge is 0.508 e. The lowest BCUT2D eigenvalue weighted by Crippen LogP contribution is -2.21. The summed E-state index contributed by atoms with van der Waals surface area (Å²) < 4.78 is 31.5. The fourth-order valence-electron chi connectivity index (χ4n) is 2.44. The summed E-state index contributed by atoms with van der Waals surface area (Å²) in [6.45, 7) is 0. The zero-order chi connectivity index (χ0) is 17.1. The number of fused-ring (bicyclic) bond motifs is 2. The van der Waals surface area contributed by atoms with Crippen LogP contribution in [0.5, 0.6) is 17.2 Å². The Labute approximate surface area is 129 Å². The summed E-state index contributed by atoms with van der Waals surface area (Å²) >= 11 is 0. The fraction of sp³-hybridized carbons (Fsp3) is 0. The van der Waals surface area contributed by atoms with Crippen LogP contribution in [0.3, 0.4) is 0 Å². The van der Waals surface area contributed by atoms with Crippen molar-refractivity contribution in [3.05, 3.63) is 46.5 Å². The normalized spacial score (nSPS) is 13.6. The minimum atomic E-state index is -4.93. The van der Waals surface area contributed by atoms with Gasteiger partial charge < -0.3 is 15.3 Å². The maximum Gasteiger partial charge on any atom is 0.298 e. The minimum Gasteiger partial charge on any atom is -0.508 e. The number of hydrogen-bond acceptors (Lipinski definition) is 7. The van der Waals surface area contributed by atoms with Crippen molar-refractivity contribution >= 4 is 21.7 Å². The summed E-state index contributed by atoms with van der Waals surface area (Å²) in [5.74, 6) is -4.33. The summed E-state index contributed by atoms with van der Waals surface area (Å²) in [4.78, 5) is 23.7. The van der Waals surface area contributed by atoms with E-state index in [1.165, 1.54) is 12.1 Å². The van der Waals surface area contributed by atoms with Gasteiger partial charge in [0, 0.05) is 16.7 Å². The average Bonchev–Trinajstić information content (AvgIpc) is 2.46. The highest BCUT2D eigenvalue weighted by Gasteiger charge is 2.36. The van der Waals surface area contributed by atoms with Crippen LogP contribution < -0.4 is 0 Å². The van der Waals surface area contributed by atoms with E-state index < -0.39 is 49.2 Å². The van der Waals surface area contributed by atoms with Gasteiger partial charge in [-0.2, -0.15) is 8.42 Å². The molecule has 0 fully saturated rings. The van der Waals surface area contributed by atoms with Gasteiger partial charge in [0.05, 0.1) is 5.56 Å². The molecular weight excluding hydrogens is 328 g/mol. The molecule has 0 amide bonds. The van der Waals surface area contributed by atoms with Crippen LogP contribution in [0, 0.1) is 0 Å². The number of benzene rings is 2. The van der Waals surface area contributed by atoms with Gasteiger partial charge in [-0.15, -0.1) is 0 Å². The van der Waals surface area contributed by atoms with E-state index in [-0.39, 0.29) is 16.9 Å². The lowest BCUT2D eigenvalue weighted by molar-refractivity contribution is 0.0975. The molecule has 1 aliphatic carbocycles. The molecule has 0 unspecified atom stereocenters. The SMILES string of the molecule is O=C1c2ccc(O)cc2C(=O)c2c1cc(S(=O)(=O)O)c(O)c2O. The molecule has 118 valence electrons. The molecule has 0 heterocycles. The van der Waals surface area contributed by atoms with Crippen molar-refractivity contribution < 1.29 is 37.9 Å². The number of ketones is 2. The molecular formula is C14H8O8S. The third-order valence-corrected chi connectivity index (χ3v) is 4.35. The molecule has 3 rings (SSSR count). The Hall–Kier alpha value is -2.91. The first-order valence-corrected chi connectivity index (χ1v) is 7.55. The van der Waals surface area contributed by atoms with Gasteiger partial charge in [0.15, 0.2) is 23.1 Å². The Kier molecular flexibility index (Phi) is 2.96. The number of hydrogen-bond donors (Lipinski definition) is 4. The summed E-state index contributed by atoms with van der Waals surface area (Å²) in [5.41, 5.74) is -1.38. The lowest BCUT2D eigenvalue weighted by atomic mass is 9.83. The molecule has 0 saturated carbocycles. The molecule has 1 aliphatic rings. The van der Waals surface area contributed by atoms with Gasteiger partial charge in [0.25, 0.3) is 10.1 Å². The smallest absolute Gasteiger partial charge is 0.298 e. The monoisotopic (exact) mass is 336 g/mol. The second kappa shape index (κ2) is 4.54. The van der Waals surface area contributed by atoms with E-state index in [1.54, 1.807) is 0 Å². The second-order valence-corrected chi connectivity index (χ2v) is 6.25. The maximum atomic E-state index is 12.4. The van der Waals surface area contributed by atoms with Crippen LogP contribution in [0.2, 0.25) is 0 Å². The highest BCUT2D eigenvalue weighted by atomic mass is 32.2. The van der Waals surface area contributed by atoms with Gasteiger partial charge in [-0.25, -0.2) is 0 Å². The predicted molar refractivity (Wildman–Crippen MR) is 74.6 cm³/mol. The predicted octanol–water partition coefficient (Wildman–Crippen LogP) is 0.825. The van der Waals surface area contributed by atoms with Crippen LogP contribution in [0.1, 0.15) is 31.8 Å². The zero-order valence-corrected chi connectivity index (χ0v) is 12.0. The van der Waals surface area contributed by atoms with Crippen molar-refractivity contribution in [2.45, 2.75) is 4.90 Å². The molecule has 0 aliphatic heterocycles. The third-order valence-electron chi connectivity index (χ3n) is 3.48. The first kappa shape index (κ1) is 15.0. The molecule has 8 nitrogen and oxygen atoms in total. The van der Waals surface area contributed by atoms with E-state index in [0.717, 1.165) is 6.07 Å². The number of carbonyl (C=O) groups is 2. The van der Waals surface area contributed by atoms with Gasteiger partial charge in [0.1, 0.15) is 10.6 Å². The van der Waals surface area contributed by atoms with Gasteiger partial charge in [0.2, 0.25) is 0 Å². The molecule has 0 atom stereocenters. The molecule has 23 heavy (non-hydrogen) atoms. The van der Waals surface area contributed by atoms with Crippen LogP contribution in [-0.2, 0) is 10.1 Å². The van der Waals surface area contributed by atoms with Crippen LogP contribution >= 0.6 is 0 Å². The maximum absolute atomic E-state index is 12.4. The second-order valence-electron chi connectivity index (χ2n) is 4.86. The first-order valence-electron chi connectivity index (χ1n) is 6.11. The van der Waals surface area contributed by atoms with Crippen LogP contribution in [0.25, 0.3) is 0 Å². The van der Waals surface area contributed by atoms with E-state index in [1.807, 2.05) is 0 Å². The van der Waals surface area contributed by atoms with Gasteiger partial charge in [-0.3, -0.25) is 14.1 Å². The number of rotatable bonds is 1. The molecule has 2 aromatic rings. The molecule has 2 aromatic carbocycles. The molecule has 0 bridgehead atoms. The van der Waals surface area contributed by atoms with Crippen molar-refractivity contribution in [3.8, 4) is 17.2 Å². The highest BCUT2D eigenvalue weighted by molar-refractivity contribution is 7.86. The molecule has 9 heteroatoms. The van der Waals surface area contributed by atoms with Gasteiger partial charge >= 0.3 is 0 Å². The number of phenolic OH excluding ortho intramolecular Hbond substituents is 3. The lowest BCUT2D eigenvalue weighted by Gasteiger charge is -2.20. The average molecular weight is 336 g/mol. The van der Waals surface area contributed by atoms with Crippen LogP contribution in [0.4, 0.5) is 0 Å². The Balaban J connectivity index is 2.40. The highest BCUT2D eigenvalue weighted by Crippen LogP contribution is 2.42. The quantitative estimate of drug-likeness (QED) is 0.377. The van der Waals surface area contributed by atoms with Crippen molar-refractivity contribution in [1.82, 2.24) is 0 Å². The number of aromatic hydroxyl groups is 3. The summed E-state index contributed by atoms with van der Waals surface area (Å²) in [7, 11) is -4.93. The van der Waals surface area contributed by atoms with E-state index in [4.69, 9.17) is 4.55 Å². The Morgan fingerprint density at radius 2 is 1.43 bits per heavy atom. The van der Waals surface area contributed by atoms with Crippen molar-refractivity contribution in [2.24, 2.45) is 0 Å². The van der Waals surface area contributed by atoms with Crippen LogP contribution in [-0.4, -0.2) is 39.9 Å². The number of phenols is 3. The van der Waals surface area contributed by atoms with Crippen molar-refractivity contribution in [2.75, 3.05) is 0 Å². The van der Waals surface area contributed by atoms with Crippen LogP contribution in [0.15, 0.2) is 29.2 Å². The Morgan fingerprint density at radius 1 is 0.783 bits per heavy atom. The molecule has 0 saturated heterocycles. The molecule has 0 spiro atoms. The summed E-state index contributed by atoms with van der Waals surface area (Å²) in [5, 5.41) is 29.0. The van der Waals surface area contributed by atoms with E-state index >= 15 is 0 Å². The third kappa shape index (κ3) is 2.05. The summed E-state index contributed by atoms with van der Waals surface area (Å²) in [6.07, 6.45) is 0. The molecule has 4 N–H and O–H groups in total. The number of carbonyl (C=O) groups excluding carboxylic acids is 2. The van der Waals surface area contributed by atoms with E-state index in [2.05, 4.69) is 0 Å². The van der Waals surface area contributed by atoms with E-state index in [9.17, 15) is 33.3 Å². The first-order chi connectivity index (χ1) is 10.6. The van der Waals surface area contributed by atoms with Gasteiger partial charge in [-0.05, 0) is 24.3 Å².